The van der Waals surface area contributed by atoms with E-state index in [1.165, 1.54) is 9.36 Å². The van der Waals surface area contributed by atoms with Crippen molar-refractivity contribution in [2.75, 3.05) is 7.11 Å². The molecule has 0 aliphatic rings. The molecule has 0 unspecified atom stereocenters. The van der Waals surface area contributed by atoms with Gasteiger partial charge in [-0.3, -0.25) is 4.68 Å². The number of aromatic nitrogens is 6. The van der Waals surface area contributed by atoms with Gasteiger partial charge in [0.15, 0.2) is 0 Å². The molecule has 0 amide bonds. The van der Waals surface area contributed by atoms with Crippen LogP contribution in [-0.4, -0.2) is 36.7 Å². The third kappa shape index (κ3) is 4.14. The number of hydrogen-bond acceptors (Lipinski definition) is 6. The fourth-order valence-corrected chi connectivity index (χ4v) is 3.62. The minimum Gasteiger partial charge on any atom is -0.496 e. The summed E-state index contributed by atoms with van der Waals surface area (Å²) in [6.07, 6.45) is 3.78. The van der Waals surface area contributed by atoms with Crippen molar-refractivity contribution >= 4 is 0 Å². The monoisotopic (exact) mass is 434 g/mol. The van der Waals surface area contributed by atoms with Crippen molar-refractivity contribution in [1.29, 1.82) is 0 Å². The highest BCUT2D eigenvalue weighted by Gasteiger charge is 2.17. The van der Waals surface area contributed by atoms with Gasteiger partial charge in [-0.1, -0.05) is 19.4 Å². The third-order valence-electron chi connectivity index (χ3n) is 5.24. The molecule has 0 radical (unpaired) electrons. The average molecular weight is 435 g/mol. The van der Waals surface area contributed by atoms with Gasteiger partial charge in [0.05, 0.1) is 24.1 Å². The van der Waals surface area contributed by atoms with Gasteiger partial charge in [0.1, 0.15) is 18.1 Å². The van der Waals surface area contributed by atoms with E-state index in [-0.39, 0.29) is 12.3 Å². The number of methoxy groups -OCH3 is 1. The smallest absolute Gasteiger partial charge is 0.368 e. The lowest BCUT2D eigenvalue weighted by Gasteiger charge is -2.16. The molecule has 4 rings (SSSR count). The highest BCUT2D eigenvalue weighted by Crippen LogP contribution is 2.30. The lowest BCUT2D eigenvalue weighted by atomic mass is 10.0. The van der Waals surface area contributed by atoms with Crippen LogP contribution in [0.25, 0.3) is 16.9 Å². The molecule has 0 saturated carbocycles. The molecule has 0 bridgehead atoms. The highest BCUT2D eigenvalue weighted by atomic mass is 16.5. The molecule has 4 aromatic rings. The van der Waals surface area contributed by atoms with Gasteiger partial charge in [0, 0.05) is 25.9 Å². The first kappa shape index (κ1) is 21.4. The number of aryl methyl sites for hydroxylation is 3. The van der Waals surface area contributed by atoms with Crippen LogP contribution >= 0.6 is 0 Å². The molecule has 166 valence electrons. The van der Waals surface area contributed by atoms with Gasteiger partial charge in [0.2, 0.25) is 0 Å². The molecule has 0 aliphatic carbocycles. The topological polar surface area (TPSA) is 89.0 Å². The standard InChI is InChI=1S/C23H26N6O3/c1-5-7-17-14-16(19-12-13-27(2)24-19)10-11-21(17)32-15-18-20(8-6-9-22(18)31-4)29-23(30)28(3)25-26-29/h6,8-14H,5,7,15H2,1-4H3. The predicted molar refractivity (Wildman–Crippen MR) is 120 cm³/mol. The van der Waals surface area contributed by atoms with Crippen molar-refractivity contribution in [3.8, 4) is 28.4 Å². The van der Waals surface area contributed by atoms with Crippen LogP contribution in [0.3, 0.4) is 0 Å². The number of tetrazole rings is 1. The molecule has 9 nitrogen and oxygen atoms in total. The quantitative estimate of drug-likeness (QED) is 0.424. The summed E-state index contributed by atoms with van der Waals surface area (Å²) in [4.78, 5) is 12.4. The van der Waals surface area contributed by atoms with Crippen molar-refractivity contribution < 1.29 is 9.47 Å². The Morgan fingerprint density at radius 3 is 2.53 bits per heavy atom. The fraction of sp³-hybridized carbons (Fsp3) is 0.304. The van der Waals surface area contributed by atoms with Crippen molar-refractivity contribution in [2.24, 2.45) is 14.1 Å². The van der Waals surface area contributed by atoms with Crippen LogP contribution in [0, 0.1) is 0 Å². The zero-order valence-electron chi connectivity index (χ0n) is 18.6. The summed E-state index contributed by atoms with van der Waals surface area (Å²) in [6.45, 7) is 2.35. The maximum absolute atomic E-state index is 12.4. The van der Waals surface area contributed by atoms with Crippen LogP contribution in [0.4, 0.5) is 0 Å². The Hall–Kier alpha value is -3.88. The van der Waals surface area contributed by atoms with Crippen LogP contribution in [0.1, 0.15) is 24.5 Å². The van der Waals surface area contributed by atoms with Crippen LogP contribution in [0.5, 0.6) is 11.5 Å². The predicted octanol–water partition coefficient (Wildman–Crippen LogP) is 2.91. The molecule has 0 saturated heterocycles. The van der Waals surface area contributed by atoms with E-state index in [2.05, 4.69) is 28.5 Å². The Balaban J connectivity index is 1.67. The first-order chi connectivity index (χ1) is 15.5. The summed E-state index contributed by atoms with van der Waals surface area (Å²) in [5, 5.41) is 12.3. The molecular weight excluding hydrogens is 408 g/mol. The first-order valence-electron chi connectivity index (χ1n) is 10.4. The van der Waals surface area contributed by atoms with E-state index in [4.69, 9.17) is 9.47 Å². The van der Waals surface area contributed by atoms with Gasteiger partial charge in [-0.2, -0.15) is 14.5 Å². The molecule has 0 atom stereocenters. The highest BCUT2D eigenvalue weighted by molar-refractivity contribution is 5.62. The van der Waals surface area contributed by atoms with E-state index in [1.54, 1.807) is 24.9 Å². The molecular formula is C23H26N6O3. The molecule has 0 aliphatic heterocycles. The number of rotatable bonds is 8. The fourth-order valence-electron chi connectivity index (χ4n) is 3.62. The Bertz CT molecular complexity index is 1290. The summed E-state index contributed by atoms with van der Waals surface area (Å²) in [6, 6.07) is 13.5. The van der Waals surface area contributed by atoms with E-state index in [1.807, 2.05) is 43.6 Å². The number of benzene rings is 2. The Morgan fingerprint density at radius 1 is 1.03 bits per heavy atom. The minimum atomic E-state index is -0.342. The summed E-state index contributed by atoms with van der Waals surface area (Å²) >= 11 is 0. The maximum Gasteiger partial charge on any atom is 0.368 e. The lowest BCUT2D eigenvalue weighted by Crippen LogP contribution is -2.23. The summed E-state index contributed by atoms with van der Waals surface area (Å²) in [5.41, 5.74) is 4.02. The molecule has 2 aromatic heterocycles. The molecule has 0 fully saturated rings. The van der Waals surface area contributed by atoms with Crippen LogP contribution in [0.2, 0.25) is 0 Å². The van der Waals surface area contributed by atoms with Gasteiger partial charge < -0.3 is 9.47 Å². The number of ether oxygens (including phenoxy) is 2. The minimum absolute atomic E-state index is 0.210. The van der Waals surface area contributed by atoms with Crippen molar-refractivity contribution in [2.45, 2.75) is 26.4 Å². The second-order valence-corrected chi connectivity index (χ2v) is 7.49. The Kier molecular flexibility index (Phi) is 6.07. The van der Waals surface area contributed by atoms with Gasteiger partial charge in [-0.15, -0.1) is 0 Å². The molecule has 0 N–H and O–H groups in total. The SMILES string of the molecule is CCCc1cc(-c2ccn(C)n2)ccc1OCc1c(OC)cccc1-n1nnn(C)c1=O. The van der Waals surface area contributed by atoms with Crippen molar-refractivity contribution in [1.82, 2.24) is 29.6 Å². The molecule has 9 heteroatoms. The van der Waals surface area contributed by atoms with Crippen LogP contribution < -0.4 is 15.2 Å². The Morgan fingerprint density at radius 2 is 1.88 bits per heavy atom. The van der Waals surface area contributed by atoms with Crippen molar-refractivity contribution in [3.63, 3.8) is 0 Å². The van der Waals surface area contributed by atoms with E-state index in [9.17, 15) is 4.79 Å². The van der Waals surface area contributed by atoms with Crippen LogP contribution in [-0.2, 0) is 27.1 Å². The summed E-state index contributed by atoms with van der Waals surface area (Å²) in [7, 11) is 5.05. The van der Waals surface area contributed by atoms with E-state index >= 15 is 0 Å². The molecule has 2 aromatic carbocycles. The Labute approximate surface area is 185 Å². The van der Waals surface area contributed by atoms with Gasteiger partial charge >= 0.3 is 5.69 Å². The zero-order chi connectivity index (χ0) is 22.7. The van der Waals surface area contributed by atoms with Gasteiger partial charge in [0.25, 0.3) is 0 Å². The molecule has 32 heavy (non-hydrogen) atoms. The van der Waals surface area contributed by atoms with Crippen LogP contribution in [0.15, 0.2) is 53.5 Å². The summed E-state index contributed by atoms with van der Waals surface area (Å²) < 4.78 is 16.0. The normalized spacial score (nSPS) is 11.0. The third-order valence-corrected chi connectivity index (χ3v) is 5.24. The molecule has 0 spiro atoms. The van der Waals surface area contributed by atoms with E-state index in [0.29, 0.717) is 17.0 Å². The largest absolute Gasteiger partial charge is 0.496 e. The van der Waals surface area contributed by atoms with Gasteiger partial charge in [-0.25, -0.2) is 4.79 Å². The summed E-state index contributed by atoms with van der Waals surface area (Å²) in [5.74, 6) is 1.40. The van der Waals surface area contributed by atoms with E-state index < -0.39 is 0 Å². The second-order valence-electron chi connectivity index (χ2n) is 7.49. The number of nitrogens with zero attached hydrogens (tertiary/aromatic N) is 6. The van der Waals surface area contributed by atoms with E-state index in [0.717, 1.165) is 35.4 Å². The lowest BCUT2D eigenvalue weighted by molar-refractivity contribution is 0.293. The first-order valence-corrected chi connectivity index (χ1v) is 10.4. The second kappa shape index (κ2) is 9.09. The zero-order valence-corrected chi connectivity index (χ0v) is 18.6. The van der Waals surface area contributed by atoms with Gasteiger partial charge in [-0.05, 0) is 58.8 Å². The van der Waals surface area contributed by atoms with Crippen molar-refractivity contribution in [3.05, 3.63) is 70.3 Å². The number of hydrogen-bond donors (Lipinski definition) is 0. The molecule has 2 heterocycles. The average Bonchev–Trinajstić information content (AvgIpc) is 3.38. The maximum atomic E-state index is 12.4.